The molecule has 0 unspecified atom stereocenters. The molecule has 0 aliphatic carbocycles. The van der Waals surface area contributed by atoms with Crippen molar-refractivity contribution >= 4 is 55.4 Å². The second-order valence-corrected chi connectivity index (χ2v) is 6.68. The van der Waals surface area contributed by atoms with Crippen LogP contribution in [0.5, 0.6) is 0 Å². The number of nitrogens with two attached hydrogens (primary N) is 1. The minimum Gasteiger partial charge on any atom is -0.389 e. The van der Waals surface area contributed by atoms with Gasteiger partial charge in [-0.05, 0) is 12.1 Å². The Bertz CT molecular complexity index is 715. The molecule has 1 aromatic heterocycles. The zero-order valence-electron chi connectivity index (χ0n) is 9.20. The molecule has 0 saturated carbocycles. The highest BCUT2D eigenvalue weighted by Crippen LogP contribution is 2.25. The van der Waals surface area contributed by atoms with E-state index in [0.29, 0.717) is 10.6 Å². The average Bonchev–Trinajstić information content (AvgIpc) is 2.80. The number of sulfonamides is 1. The number of thiocarbonyl (C=S) groups is 1. The van der Waals surface area contributed by atoms with Crippen molar-refractivity contribution in [1.29, 1.82) is 0 Å². The van der Waals surface area contributed by atoms with E-state index < -0.39 is 10.0 Å². The van der Waals surface area contributed by atoms with E-state index in [1.54, 1.807) is 0 Å². The van der Waals surface area contributed by atoms with Gasteiger partial charge in [-0.25, -0.2) is 8.42 Å². The van der Waals surface area contributed by atoms with Gasteiger partial charge in [0.2, 0.25) is 0 Å². The number of hydrogen-bond donors (Lipinski definition) is 2. The van der Waals surface area contributed by atoms with Crippen LogP contribution in [0.3, 0.4) is 0 Å². The Labute approximate surface area is 123 Å². The molecule has 2 aromatic rings. The van der Waals surface area contributed by atoms with E-state index in [2.05, 4.69) is 14.3 Å². The van der Waals surface area contributed by atoms with Crippen molar-refractivity contribution < 1.29 is 8.42 Å². The van der Waals surface area contributed by atoms with E-state index in [1.807, 2.05) is 0 Å². The van der Waals surface area contributed by atoms with Crippen molar-refractivity contribution in [3.63, 3.8) is 0 Å². The fourth-order valence-electron chi connectivity index (χ4n) is 1.27. The second kappa shape index (κ2) is 5.37. The second-order valence-electron chi connectivity index (χ2n) is 3.40. The largest absolute Gasteiger partial charge is 0.389 e. The van der Waals surface area contributed by atoms with E-state index in [4.69, 9.17) is 29.6 Å². The topological polar surface area (TPSA) is 98.0 Å². The quantitative estimate of drug-likeness (QED) is 0.825. The maximum atomic E-state index is 12.1. The SMILES string of the molecule is NC(=S)c1ccc(S(=O)(=O)Nc2cnns2)c(Cl)c1. The van der Waals surface area contributed by atoms with Gasteiger partial charge in [0.1, 0.15) is 14.9 Å². The van der Waals surface area contributed by atoms with Crippen LogP contribution in [0.1, 0.15) is 5.56 Å². The van der Waals surface area contributed by atoms with E-state index in [-0.39, 0.29) is 14.9 Å². The molecular formula is C9H7ClN4O2S3. The summed E-state index contributed by atoms with van der Waals surface area (Å²) in [7, 11) is -3.79. The van der Waals surface area contributed by atoms with E-state index in [9.17, 15) is 8.42 Å². The average molecular weight is 335 g/mol. The van der Waals surface area contributed by atoms with Gasteiger partial charge in [0.25, 0.3) is 10.0 Å². The summed E-state index contributed by atoms with van der Waals surface area (Å²) in [5.41, 5.74) is 5.94. The Morgan fingerprint density at radius 1 is 1.47 bits per heavy atom. The number of nitrogens with one attached hydrogen (secondary N) is 1. The lowest BCUT2D eigenvalue weighted by atomic mass is 10.2. The molecule has 0 saturated heterocycles. The molecule has 19 heavy (non-hydrogen) atoms. The summed E-state index contributed by atoms with van der Waals surface area (Å²) in [6.45, 7) is 0. The fourth-order valence-corrected chi connectivity index (χ4v) is 3.63. The number of nitrogens with zero attached hydrogens (tertiary/aromatic N) is 2. The molecule has 3 N–H and O–H groups in total. The van der Waals surface area contributed by atoms with E-state index >= 15 is 0 Å². The Morgan fingerprint density at radius 2 is 2.21 bits per heavy atom. The van der Waals surface area contributed by atoms with Crippen LogP contribution in [0, 0.1) is 0 Å². The van der Waals surface area contributed by atoms with Gasteiger partial charge < -0.3 is 5.73 Å². The minimum atomic E-state index is -3.79. The molecule has 0 atom stereocenters. The monoisotopic (exact) mass is 334 g/mol. The predicted molar refractivity (Wildman–Crippen MR) is 78.1 cm³/mol. The van der Waals surface area contributed by atoms with Crippen molar-refractivity contribution in [3.05, 3.63) is 35.0 Å². The minimum absolute atomic E-state index is 0.0373. The van der Waals surface area contributed by atoms with Crippen molar-refractivity contribution in [2.24, 2.45) is 5.73 Å². The van der Waals surface area contributed by atoms with Crippen molar-refractivity contribution in [3.8, 4) is 0 Å². The van der Waals surface area contributed by atoms with Crippen LogP contribution in [0.2, 0.25) is 5.02 Å². The maximum absolute atomic E-state index is 12.1. The summed E-state index contributed by atoms with van der Waals surface area (Å²) in [6, 6.07) is 4.24. The molecule has 1 aromatic carbocycles. The Balaban J connectivity index is 2.38. The standard InChI is InChI=1S/C9H7ClN4O2S3/c10-6-3-5(9(11)17)1-2-7(6)19(15,16)13-8-4-12-14-18-8/h1-4,13H,(H2,11,17). The predicted octanol–water partition coefficient (Wildman–Crippen LogP) is 1.63. The molecule has 1 heterocycles. The molecule has 0 aliphatic rings. The lowest BCUT2D eigenvalue weighted by molar-refractivity contribution is 0.601. The summed E-state index contributed by atoms with van der Waals surface area (Å²) >= 11 is 11.7. The van der Waals surface area contributed by atoms with Gasteiger partial charge in [-0.1, -0.05) is 34.4 Å². The summed E-state index contributed by atoms with van der Waals surface area (Å²) in [4.78, 5) is 0.0769. The summed E-state index contributed by atoms with van der Waals surface area (Å²) in [5.74, 6) is 0. The molecule has 2 rings (SSSR count). The first kappa shape index (κ1) is 14.1. The summed E-state index contributed by atoms with van der Waals surface area (Å²) < 4.78 is 30.1. The van der Waals surface area contributed by atoms with Gasteiger partial charge in [0.05, 0.1) is 11.2 Å². The number of rotatable bonds is 4. The number of aromatic nitrogens is 2. The third kappa shape index (κ3) is 3.18. The van der Waals surface area contributed by atoms with Crippen LogP contribution in [0.15, 0.2) is 29.3 Å². The zero-order valence-corrected chi connectivity index (χ0v) is 12.4. The molecule has 0 radical (unpaired) electrons. The van der Waals surface area contributed by atoms with Crippen molar-refractivity contribution in [2.75, 3.05) is 4.72 Å². The molecule has 0 aliphatic heterocycles. The van der Waals surface area contributed by atoms with Crippen LogP contribution in [0.4, 0.5) is 5.00 Å². The lowest BCUT2D eigenvalue weighted by Gasteiger charge is -2.08. The van der Waals surface area contributed by atoms with Gasteiger partial charge in [-0.15, -0.1) is 5.10 Å². The third-order valence-corrected chi connectivity index (χ3v) is 4.90. The Hall–Kier alpha value is -1.29. The Kier molecular flexibility index (Phi) is 3.99. The number of hydrogen-bond acceptors (Lipinski definition) is 6. The fraction of sp³-hybridized carbons (Fsp3) is 0. The van der Waals surface area contributed by atoms with Gasteiger partial charge in [0.15, 0.2) is 0 Å². The highest BCUT2D eigenvalue weighted by atomic mass is 35.5. The van der Waals surface area contributed by atoms with Crippen LogP contribution in [-0.2, 0) is 10.0 Å². The first-order chi connectivity index (χ1) is 8.90. The number of halogens is 1. The molecule has 100 valence electrons. The molecular weight excluding hydrogens is 328 g/mol. The van der Waals surface area contributed by atoms with Gasteiger partial charge in [-0.2, -0.15) is 0 Å². The van der Waals surface area contributed by atoms with E-state index in [0.717, 1.165) is 11.5 Å². The first-order valence-corrected chi connectivity index (χ1v) is 7.84. The van der Waals surface area contributed by atoms with Gasteiger partial charge in [0, 0.05) is 17.1 Å². The number of anilines is 1. The molecule has 0 bridgehead atoms. The lowest BCUT2D eigenvalue weighted by Crippen LogP contribution is -2.14. The molecule has 0 amide bonds. The molecule has 6 nitrogen and oxygen atoms in total. The smallest absolute Gasteiger partial charge is 0.264 e. The van der Waals surface area contributed by atoms with Gasteiger partial charge in [-0.3, -0.25) is 4.72 Å². The highest BCUT2D eigenvalue weighted by Gasteiger charge is 2.19. The van der Waals surface area contributed by atoms with Crippen molar-refractivity contribution in [1.82, 2.24) is 9.59 Å². The molecule has 10 heteroatoms. The highest BCUT2D eigenvalue weighted by molar-refractivity contribution is 7.93. The van der Waals surface area contributed by atoms with Crippen LogP contribution in [-0.4, -0.2) is 23.0 Å². The maximum Gasteiger partial charge on any atom is 0.264 e. The summed E-state index contributed by atoms with van der Waals surface area (Å²) in [6.07, 6.45) is 1.31. The van der Waals surface area contributed by atoms with Crippen LogP contribution < -0.4 is 10.5 Å². The summed E-state index contributed by atoms with van der Waals surface area (Å²) in [5, 5.41) is 3.87. The molecule has 0 spiro atoms. The van der Waals surface area contributed by atoms with Crippen LogP contribution >= 0.6 is 35.4 Å². The van der Waals surface area contributed by atoms with E-state index in [1.165, 1.54) is 24.4 Å². The third-order valence-electron chi connectivity index (χ3n) is 2.10. The van der Waals surface area contributed by atoms with Crippen molar-refractivity contribution in [2.45, 2.75) is 4.90 Å². The van der Waals surface area contributed by atoms with Crippen LogP contribution in [0.25, 0.3) is 0 Å². The zero-order chi connectivity index (χ0) is 14.0. The number of benzene rings is 1. The van der Waals surface area contributed by atoms with Gasteiger partial charge >= 0.3 is 0 Å². The normalized spacial score (nSPS) is 11.2. The molecule has 0 fully saturated rings. The first-order valence-electron chi connectivity index (χ1n) is 4.79. The Morgan fingerprint density at radius 3 is 2.74 bits per heavy atom.